The normalized spacial score (nSPS) is 19.0. The Morgan fingerprint density at radius 3 is 2.64 bits per heavy atom. The molecule has 0 radical (unpaired) electrons. The van der Waals surface area contributed by atoms with Crippen LogP contribution in [0.1, 0.15) is 63.2 Å². The molecule has 3 rings (SSSR count). The number of aryl methyl sites for hydroxylation is 1. The number of rotatable bonds is 6. The number of benzene rings is 1. The molecule has 28 heavy (non-hydrogen) atoms. The van der Waals surface area contributed by atoms with Gasteiger partial charge in [-0.25, -0.2) is 4.39 Å². The molecule has 0 bridgehead atoms. The van der Waals surface area contributed by atoms with E-state index in [-0.39, 0.29) is 29.2 Å². The van der Waals surface area contributed by atoms with Crippen LogP contribution in [0.5, 0.6) is 0 Å². The van der Waals surface area contributed by atoms with Gasteiger partial charge in [-0.3, -0.25) is 14.4 Å². The Kier molecular flexibility index (Phi) is 6.18. The highest BCUT2D eigenvalue weighted by molar-refractivity contribution is 5.78. The number of likely N-dealkylation sites (tertiary alicyclic amines) is 1. The Labute approximate surface area is 166 Å². The average Bonchev–Trinajstić information content (AvgIpc) is 3.22. The molecular weight excluding hydrogens is 355 g/mol. The van der Waals surface area contributed by atoms with Crippen molar-refractivity contribution >= 4 is 5.91 Å². The molecule has 1 saturated heterocycles. The Hall–Kier alpha value is -2.21. The van der Waals surface area contributed by atoms with E-state index in [4.69, 9.17) is 0 Å². The molecule has 2 atom stereocenters. The van der Waals surface area contributed by atoms with Crippen molar-refractivity contribution in [1.29, 1.82) is 0 Å². The number of halogens is 1. The molecule has 2 aromatic rings. The fraction of sp³-hybridized carbons (Fsp3) is 0.545. The van der Waals surface area contributed by atoms with Crippen LogP contribution in [0.4, 0.5) is 4.39 Å². The van der Waals surface area contributed by atoms with Crippen LogP contribution in [0.3, 0.4) is 0 Å². The first-order valence-corrected chi connectivity index (χ1v) is 9.99. The van der Waals surface area contributed by atoms with E-state index < -0.39 is 0 Å². The summed E-state index contributed by atoms with van der Waals surface area (Å²) < 4.78 is 15.1. The third-order valence-electron chi connectivity index (χ3n) is 5.24. The van der Waals surface area contributed by atoms with E-state index in [2.05, 4.69) is 36.1 Å². The van der Waals surface area contributed by atoms with Gasteiger partial charge in [-0.1, -0.05) is 32.9 Å². The van der Waals surface area contributed by atoms with Crippen LogP contribution >= 0.6 is 0 Å². The molecule has 0 aliphatic carbocycles. The molecule has 1 N–H and O–H groups in total. The summed E-state index contributed by atoms with van der Waals surface area (Å²) in [4.78, 5) is 15.1. The third kappa shape index (κ3) is 5.41. The summed E-state index contributed by atoms with van der Waals surface area (Å²) in [5.41, 5.74) is 2.14. The van der Waals surface area contributed by atoms with E-state index in [0.29, 0.717) is 6.54 Å². The highest BCUT2D eigenvalue weighted by Gasteiger charge is 2.29. The molecule has 1 aliphatic heterocycles. The van der Waals surface area contributed by atoms with Crippen LogP contribution < -0.4 is 5.32 Å². The first-order chi connectivity index (χ1) is 13.2. The molecule has 1 aromatic heterocycles. The Morgan fingerprint density at radius 1 is 1.32 bits per heavy atom. The highest BCUT2D eigenvalue weighted by Crippen LogP contribution is 2.32. The molecule has 2 unspecified atom stereocenters. The summed E-state index contributed by atoms with van der Waals surface area (Å²) in [5.74, 6) is -0.254. The smallest absolute Gasteiger partial charge is 0.234 e. The lowest BCUT2D eigenvalue weighted by Gasteiger charge is -2.29. The van der Waals surface area contributed by atoms with Gasteiger partial charge in [0.2, 0.25) is 5.91 Å². The van der Waals surface area contributed by atoms with Crippen LogP contribution in [-0.2, 0) is 11.8 Å². The van der Waals surface area contributed by atoms with Gasteiger partial charge < -0.3 is 5.32 Å². The molecule has 1 amide bonds. The maximum absolute atomic E-state index is 13.3. The van der Waals surface area contributed by atoms with Crippen LogP contribution in [0.25, 0.3) is 0 Å². The molecule has 0 saturated carbocycles. The lowest BCUT2D eigenvalue weighted by atomic mass is 9.85. The summed E-state index contributed by atoms with van der Waals surface area (Å²) >= 11 is 0. The van der Waals surface area contributed by atoms with E-state index in [1.807, 2.05) is 19.4 Å². The van der Waals surface area contributed by atoms with Gasteiger partial charge in [-0.2, -0.15) is 5.10 Å². The van der Waals surface area contributed by atoms with Crippen molar-refractivity contribution in [1.82, 2.24) is 20.0 Å². The van der Waals surface area contributed by atoms with Gasteiger partial charge in [0.15, 0.2) is 0 Å². The topological polar surface area (TPSA) is 50.2 Å². The third-order valence-corrected chi connectivity index (χ3v) is 5.24. The van der Waals surface area contributed by atoms with Crippen molar-refractivity contribution in [2.75, 3.05) is 13.1 Å². The molecule has 152 valence electrons. The minimum atomic E-state index is -0.263. The lowest BCUT2D eigenvalue weighted by Crippen LogP contribution is -2.39. The first kappa shape index (κ1) is 20.5. The van der Waals surface area contributed by atoms with Crippen LogP contribution in [0, 0.1) is 11.2 Å². The van der Waals surface area contributed by atoms with Crippen molar-refractivity contribution in [3.8, 4) is 0 Å². The Balaban J connectivity index is 1.68. The predicted octanol–water partition coefficient (Wildman–Crippen LogP) is 3.99. The summed E-state index contributed by atoms with van der Waals surface area (Å²) in [7, 11) is 1.91. The zero-order chi connectivity index (χ0) is 20.3. The standard InChI is InChI=1S/C22H31FN4O/c1-22(2,3)12-19(16-7-9-18(23)10-8-16)25-21(28)15-27-11-5-6-20(27)17-13-24-26(4)14-17/h7-10,13-14,19-20H,5-6,11-12,15H2,1-4H3,(H,25,28). The molecule has 2 heterocycles. The van der Waals surface area contributed by atoms with Gasteiger partial charge in [-0.05, 0) is 48.9 Å². The largest absolute Gasteiger partial charge is 0.348 e. The van der Waals surface area contributed by atoms with Gasteiger partial charge in [0, 0.05) is 24.8 Å². The summed E-state index contributed by atoms with van der Waals surface area (Å²) in [5, 5.41) is 7.46. The van der Waals surface area contributed by atoms with Gasteiger partial charge in [0.25, 0.3) is 0 Å². The van der Waals surface area contributed by atoms with Gasteiger partial charge in [0.05, 0.1) is 18.8 Å². The maximum atomic E-state index is 13.3. The van der Waals surface area contributed by atoms with E-state index in [9.17, 15) is 9.18 Å². The molecule has 6 heteroatoms. The SMILES string of the molecule is Cn1cc(C2CCCN2CC(=O)NC(CC(C)(C)C)c2ccc(F)cc2)cn1. The Morgan fingerprint density at radius 2 is 2.04 bits per heavy atom. The van der Waals surface area contributed by atoms with E-state index >= 15 is 0 Å². The van der Waals surface area contributed by atoms with E-state index in [1.165, 1.54) is 12.1 Å². The van der Waals surface area contributed by atoms with Crippen molar-refractivity contribution in [2.24, 2.45) is 12.5 Å². The number of hydrogen-bond donors (Lipinski definition) is 1. The number of carbonyl (C=O) groups excluding carboxylic acids is 1. The number of carbonyl (C=O) groups is 1. The summed E-state index contributed by atoms with van der Waals surface area (Å²) in [6.45, 7) is 7.71. The number of amides is 1. The summed E-state index contributed by atoms with van der Waals surface area (Å²) in [6, 6.07) is 6.55. The van der Waals surface area contributed by atoms with Crippen LogP contribution in [0.15, 0.2) is 36.7 Å². The number of hydrogen-bond acceptors (Lipinski definition) is 3. The van der Waals surface area contributed by atoms with Crippen molar-refractivity contribution < 1.29 is 9.18 Å². The molecule has 1 aromatic carbocycles. The highest BCUT2D eigenvalue weighted by atomic mass is 19.1. The summed E-state index contributed by atoms with van der Waals surface area (Å²) in [6.07, 6.45) is 6.83. The molecule has 0 spiro atoms. The number of nitrogens with zero attached hydrogens (tertiary/aromatic N) is 3. The number of aromatic nitrogens is 2. The van der Waals surface area contributed by atoms with Crippen molar-refractivity contribution in [3.63, 3.8) is 0 Å². The number of nitrogens with one attached hydrogen (secondary N) is 1. The molecule has 1 aliphatic rings. The molecular formula is C22H31FN4O. The fourth-order valence-corrected chi connectivity index (χ4v) is 3.99. The monoisotopic (exact) mass is 386 g/mol. The molecule has 5 nitrogen and oxygen atoms in total. The minimum absolute atomic E-state index is 0.00867. The average molecular weight is 387 g/mol. The maximum Gasteiger partial charge on any atom is 0.234 e. The first-order valence-electron chi connectivity index (χ1n) is 9.99. The van der Waals surface area contributed by atoms with Crippen molar-refractivity contribution in [3.05, 3.63) is 53.6 Å². The molecule has 1 fully saturated rings. The van der Waals surface area contributed by atoms with Gasteiger partial charge >= 0.3 is 0 Å². The second-order valence-corrected chi connectivity index (χ2v) is 9.01. The second-order valence-electron chi connectivity index (χ2n) is 9.01. The lowest BCUT2D eigenvalue weighted by molar-refractivity contribution is -0.123. The van der Waals surface area contributed by atoms with E-state index in [1.54, 1.807) is 16.8 Å². The zero-order valence-electron chi connectivity index (χ0n) is 17.3. The van der Waals surface area contributed by atoms with Gasteiger partial charge in [-0.15, -0.1) is 0 Å². The van der Waals surface area contributed by atoms with Gasteiger partial charge in [0.1, 0.15) is 5.82 Å². The van der Waals surface area contributed by atoms with Crippen LogP contribution in [-0.4, -0.2) is 33.7 Å². The Bertz CT molecular complexity index is 794. The predicted molar refractivity (Wildman–Crippen MR) is 108 cm³/mol. The second kappa shape index (κ2) is 8.43. The fourth-order valence-electron chi connectivity index (χ4n) is 3.99. The zero-order valence-corrected chi connectivity index (χ0v) is 17.3. The van der Waals surface area contributed by atoms with Crippen LogP contribution in [0.2, 0.25) is 0 Å². The van der Waals surface area contributed by atoms with Crippen molar-refractivity contribution in [2.45, 2.75) is 52.1 Å². The minimum Gasteiger partial charge on any atom is -0.348 e. The van der Waals surface area contributed by atoms with E-state index in [0.717, 1.165) is 36.9 Å². The quantitative estimate of drug-likeness (QED) is 0.817.